The lowest BCUT2D eigenvalue weighted by atomic mass is 10.0. The molecule has 1 rings (SSSR count). The second-order valence-corrected chi connectivity index (χ2v) is 3.39. The fraction of sp³-hybridized carbons (Fsp3) is 0.111. The summed E-state index contributed by atoms with van der Waals surface area (Å²) in [6, 6.07) is 4.40. The van der Waals surface area contributed by atoms with Gasteiger partial charge in [-0.15, -0.1) is 0 Å². The molecule has 3 N–H and O–H groups in total. The van der Waals surface area contributed by atoms with Crippen LogP contribution in [0.3, 0.4) is 0 Å². The Bertz CT molecular complexity index is 424. The van der Waals surface area contributed by atoms with Gasteiger partial charge >= 0.3 is 0 Å². The summed E-state index contributed by atoms with van der Waals surface area (Å²) in [5.74, 6) is 0. The van der Waals surface area contributed by atoms with Crippen molar-refractivity contribution >= 4 is 28.6 Å². The molecular weight excluding hydrogens is 214 g/mol. The van der Waals surface area contributed by atoms with Gasteiger partial charge in [0.05, 0.1) is 10.5 Å². The Morgan fingerprint density at radius 3 is 2.60 bits per heavy atom. The van der Waals surface area contributed by atoms with E-state index >= 15 is 0 Å². The SMILES string of the molecule is CC(=N)c1c(C(N)=S)cccc1[N+](=O)[O-]. The van der Waals surface area contributed by atoms with E-state index in [1.165, 1.54) is 19.1 Å². The smallest absolute Gasteiger partial charge is 0.279 e. The Balaban J connectivity index is 3.56. The second kappa shape index (κ2) is 4.14. The van der Waals surface area contributed by atoms with E-state index in [1.807, 2.05) is 0 Å². The largest absolute Gasteiger partial charge is 0.389 e. The zero-order valence-corrected chi connectivity index (χ0v) is 8.80. The number of hydrogen-bond donors (Lipinski definition) is 2. The minimum Gasteiger partial charge on any atom is -0.389 e. The van der Waals surface area contributed by atoms with Crippen molar-refractivity contribution in [2.24, 2.45) is 5.73 Å². The first-order chi connectivity index (χ1) is 6.95. The van der Waals surface area contributed by atoms with Crippen LogP contribution in [0.2, 0.25) is 0 Å². The maximum Gasteiger partial charge on any atom is 0.279 e. The lowest BCUT2D eigenvalue weighted by molar-refractivity contribution is -0.385. The summed E-state index contributed by atoms with van der Waals surface area (Å²) in [5, 5.41) is 18.2. The molecule has 0 aliphatic heterocycles. The molecule has 5 nitrogen and oxygen atoms in total. The summed E-state index contributed by atoms with van der Waals surface area (Å²) in [4.78, 5) is 10.2. The van der Waals surface area contributed by atoms with Gasteiger partial charge in [0.15, 0.2) is 0 Å². The molecule has 0 saturated heterocycles. The predicted octanol–water partition coefficient (Wildman–Crippen LogP) is 1.62. The quantitative estimate of drug-likeness (QED) is 0.352. The number of benzene rings is 1. The fourth-order valence-electron chi connectivity index (χ4n) is 1.29. The van der Waals surface area contributed by atoms with Crippen molar-refractivity contribution in [2.45, 2.75) is 6.92 Å². The zero-order valence-electron chi connectivity index (χ0n) is 7.98. The number of nitro benzene ring substituents is 1. The minimum atomic E-state index is -0.546. The third-order valence-corrected chi connectivity index (χ3v) is 2.10. The summed E-state index contributed by atoms with van der Waals surface area (Å²) in [5.41, 5.74) is 5.92. The average Bonchev–Trinajstić information content (AvgIpc) is 2.16. The van der Waals surface area contributed by atoms with E-state index in [0.29, 0.717) is 5.56 Å². The summed E-state index contributed by atoms with van der Waals surface area (Å²) >= 11 is 4.77. The van der Waals surface area contributed by atoms with Gasteiger partial charge in [-0.25, -0.2) is 0 Å². The normalized spacial score (nSPS) is 9.67. The minimum absolute atomic E-state index is 0.0558. The van der Waals surface area contributed by atoms with Crippen LogP contribution in [-0.4, -0.2) is 15.6 Å². The van der Waals surface area contributed by atoms with E-state index in [0.717, 1.165) is 0 Å². The molecule has 0 atom stereocenters. The number of nitrogens with one attached hydrogen (secondary N) is 1. The van der Waals surface area contributed by atoms with Crippen molar-refractivity contribution in [3.63, 3.8) is 0 Å². The highest BCUT2D eigenvalue weighted by atomic mass is 32.1. The van der Waals surface area contributed by atoms with Crippen LogP contribution < -0.4 is 5.73 Å². The van der Waals surface area contributed by atoms with Crippen LogP contribution in [-0.2, 0) is 0 Å². The third-order valence-electron chi connectivity index (χ3n) is 1.88. The maximum absolute atomic E-state index is 10.7. The molecule has 0 radical (unpaired) electrons. The van der Waals surface area contributed by atoms with Gasteiger partial charge in [0.2, 0.25) is 0 Å². The van der Waals surface area contributed by atoms with E-state index < -0.39 is 4.92 Å². The van der Waals surface area contributed by atoms with Crippen LogP contribution in [0.15, 0.2) is 18.2 Å². The summed E-state index contributed by atoms with van der Waals surface area (Å²) < 4.78 is 0. The average molecular weight is 223 g/mol. The lowest BCUT2D eigenvalue weighted by Crippen LogP contribution is -2.15. The first-order valence-electron chi connectivity index (χ1n) is 4.08. The van der Waals surface area contributed by atoms with Gasteiger partial charge in [0, 0.05) is 17.3 Å². The highest BCUT2D eigenvalue weighted by molar-refractivity contribution is 7.80. The Kier molecular flexibility index (Phi) is 3.11. The highest BCUT2D eigenvalue weighted by Crippen LogP contribution is 2.22. The van der Waals surface area contributed by atoms with Gasteiger partial charge in [-0.3, -0.25) is 10.1 Å². The van der Waals surface area contributed by atoms with Crippen LogP contribution in [0, 0.1) is 15.5 Å². The molecule has 78 valence electrons. The molecule has 0 aliphatic rings. The van der Waals surface area contributed by atoms with E-state index in [9.17, 15) is 10.1 Å². The third kappa shape index (κ3) is 2.16. The van der Waals surface area contributed by atoms with E-state index in [-0.39, 0.29) is 22.0 Å². The molecule has 0 fully saturated rings. The fourth-order valence-corrected chi connectivity index (χ4v) is 1.46. The van der Waals surface area contributed by atoms with Gasteiger partial charge in [0.1, 0.15) is 4.99 Å². The molecule has 0 aromatic heterocycles. The highest BCUT2D eigenvalue weighted by Gasteiger charge is 2.19. The number of nitro groups is 1. The van der Waals surface area contributed by atoms with Crippen molar-refractivity contribution in [2.75, 3.05) is 0 Å². The standard InChI is InChI=1S/C9H9N3O2S/c1-5(10)8-6(9(11)15)3-2-4-7(8)12(13)14/h2-4,10H,1H3,(H2,11,15). The van der Waals surface area contributed by atoms with Gasteiger partial charge in [-0.2, -0.15) is 0 Å². The van der Waals surface area contributed by atoms with Crippen molar-refractivity contribution in [1.29, 1.82) is 5.41 Å². The van der Waals surface area contributed by atoms with Gasteiger partial charge in [-0.05, 0) is 6.92 Å². The summed E-state index contributed by atoms with van der Waals surface area (Å²) in [6.07, 6.45) is 0. The van der Waals surface area contributed by atoms with Crippen molar-refractivity contribution in [1.82, 2.24) is 0 Å². The number of nitrogens with two attached hydrogens (primary N) is 1. The van der Waals surface area contributed by atoms with Crippen LogP contribution in [0.4, 0.5) is 5.69 Å². The van der Waals surface area contributed by atoms with Crippen LogP contribution in [0.25, 0.3) is 0 Å². The Morgan fingerprint density at radius 2 is 2.20 bits per heavy atom. The van der Waals surface area contributed by atoms with Crippen molar-refractivity contribution < 1.29 is 4.92 Å². The number of rotatable bonds is 3. The summed E-state index contributed by atoms with van der Waals surface area (Å²) in [6.45, 7) is 1.46. The summed E-state index contributed by atoms with van der Waals surface area (Å²) in [7, 11) is 0. The maximum atomic E-state index is 10.7. The number of hydrogen-bond acceptors (Lipinski definition) is 4. The molecular formula is C9H9N3O2S. The van der Waals surface area contributed by atoms with Crippen molar-refractivity contribution in [3.05, 3.63) is 39.4 Å². The Hall–Kier alpha value is -1.82. The number of thiocarbonyl (C=S) groups is 1. The predicted molar refractivity (Wildman–Crippen MR) is 61.5 cm³/mol. The molecule has 1 aromatic carbocycles. The van der Waals surface area contributed by atoms with Gasteiger partial charge in [0.25, 0.3) is 5.69 Å². The topological polar surface area (TPSA) is 93.0 Å². The molecule has 15 heavy (non-hydrogen) atoms. The van der Waals surface area contributed by atoms with E-state index in [1.54, 1.807) is 6.07 Å². The van der Waals surface area contributed by atoms with Gasteiger partial charge in [-0.1, -0.05) is 24.4 Å². The first-order valence-corrected chi connectivity index (χ1v) is 4.48. The van der Waals surface area contributed by atoms with E-state index in [4.69, 9.17) is 23.4 Å². The Labute approximate surface area is 91.6 Å². The number of nitrogens with zero attached hydrogens (tertiary/aromatic N) is 1. The molecule has 0 heterocycles. The van der Waals surface area contributed by atoms with Gasteiger partial charge < -0.3 is 11.1 Å². The molecule has 0 saturated carbocycles. The second-order valence-electron chi connectivity index (χ2n) is 2.95. The zero-order chi connectivity index (χ0) is 11.6. The van der Waals surface area contributed by atoms with E-state index in [2.05, 4.69) is 0 Å². The molecule has 0 unspecified atom stereocenters. The molecule has 0 aliphatic carbocycles. The van der Waals surface area contributed by atoms with Crippen LogP contribution in [0.1, 0.15) is 18.1 Å². The molecule has 0 amide bonds. The molecule has 1 aromatic rings. The lowest BCUT2D eigenvalue weighted by Gasteiger charge is -2.06. The van der Waals surface area contributed by atoms with Crippen LogP contribution in [0.5, 0.6) is 0 Å². The first kappa shape index (κ1) is 11.3. The molecule has 0 spiro atoms. The Morgan fingerprint density at radius 1 is 1.60 bits per heavy atom. The van der Waals surface area contributed by atoms with Crippen molar-refractivity contribution in [3.8, 4) is 0 Å². The molecule has 6 heteroatoms. The van der Waals surface area contributed by atoms with Crippen LogP contribution >= 0.6 is 12.2 Å². The molecule has 0 bridgehead atoms. The monoisotopic (exact) mass is 223 g/mol.